The molecule has 0 bridgehead atoms. The highest BCUT2D eigenvalue weighted by Gasteiger charge is 2.27. The van der Waals surface area contributed by atoms with E-state index in [1.54, 1.807) is 13.2 Å². The third kappa shape index (κ3) is 4.39. The highest BCUT2D eigenvalue weighted by atomic mass is 16.5. The molecule has 150 valence electrons. The van der Waals surface area contributed by atoms with E-state index in [0.717, 1.165) is 43.2 Å². The lowest BCUT2D eigenvalue weighted by Gasteiger charge is -2.39. The van der Waals surface area contributed by atoms with E-state index in [9.17, 15) is 9.90 Å². The van der Waals surface area contributed by atoms with Gasteiger partial charge in [-0.2, -0.15) is 0 Å². The zero-order valence-electron chi connectivity index (χ0n) is 16.8. The van der Waals surface area contributed by atoms with Crippen molar-refractivity contribution in [3.8, 4) is 11.5 Å². The van der Waals surface area contributed by atoms with Crippen molar-refractivity contribution >= 4 is 11.6 Å². The molecule has 6 nitrogen and oxygen atoms in total. The number of methoxy groups -OCH3 is 1. The number of phenols is 1. The van der Waals surface area contributed by atoms with Crippen LogP contribution in [0.15, 0.2) is 48.5 Å². The molecule has 0 aliphatic carbocycles. The van der Waals surface area contributed by atoms with E-state index in [1.165, 1.54) is 0 Å². The van der Waals surface area contributed by atoms with Crippen molar-refractivity contribution in [2.45, 2.75) is 25.9 Å². The average Bonchev–Trinajstić information content (AvgIpc) is 2.73. The highest BCUT2D eigenvalue weighted by Crippen LogP contribution is 2.28. The number of nitrogens with one attached hydrogen (secondary N) is 1. The second-order valence-corrected chi connectivity index (χ2v) is 7.16. The number of anilines is 1. The van der Waals surface area contributed by atoms with E-state index in [-0.39, 0.29) is 18.0 Å². The van der Waals surface area contributed by atoms with Crippen molar-refractivity contribution in [3.05, 3.63) is 54.1 Å². The number of ether oxygens (including phenoxy) is 1. The van der Waals surface area contributed by atoms with Gasteiger partial charge >= 0.3 is 0 Å². The van der Waals surface area contributed by atoms with E-state index in [1.807, 2.05) is 56.3 Å². The van der Waals surface area contributed by atoms with Crippen LogP contribution < -0.4 is 15.0 Å². The Balaban J connectivity index is 1.56. The van der Waals surface area contributed by atoms with Crippen LogP contribution in [-0.2, 0) is 4.79 Å². The van der Waals surface area contributed by atoms with Gasteiger partial charge in [0.15, 0.2) is 0 Å². The first kappa shape index (κ1) is 20.0. The molecule has 6 heteroatoms. The Kier molecular flexibility index (Phi) is 6.41. The normalized spacial score (nSPS) is 17.0. The van der Waals surface area contributed by atoms with Gasteiger partial charge in [-0.1, -0.05) is 30.3 Å². The molecule has 1 heterocycles. The van der Waals surface area contributed by atoms with Crippen LogP contribution >= 0.6 is 0 Å². The van der Waals surface area contributed by atoms with E-state index in [2.05, 4.69) is 15.1 Å². The molecular formula is C22H29N3O3. The first-order valence-electron chi connectivity index (χ1n) is 9.71. The summed E-state index contributed by atoms with van der Waals surface area (Å²) >= 11 is 0. The van der Waals surface area contributed by atoms with Crippen LogP contribution in [0.1, 0.15) is 25.5 Å². The van der Waals surface area contributed by atoms with Gasteiger partial charge in [0.05, 0.1) is 24.9 Å². The van der Waals surface area contributed by atoms with Crippen molar-refractivity contribution < 1.29 is 14.6 Å². The first-order valence-corrected chi connectivity index (χ1v) is 9.71. The molecule has 1 amide bonds. The molecule has 1 saturated heterocycles. The summed E-state index contributed by atoms with van der Waals surface area (Å²) in [5.74, 6) is 1.08. The molecular weight excluding hydrogens is 354 g/mol. The fraction of sp³-hybridized carbons (Fsp3) is 0.409. The quantitative estimate of drug-likeness (QED) is 0.803. The molecule has 2 N–H and O–H groups in total. The molecule has 1 aliphatic rings. The van der Waals surface area contributed by atoms with E-state index in [0.29, 0.717) is 5.75 Å². The highest BCUT2D eigenvalue weighted by molar-refractivity contribution is 5.81. The number of piperazine rings is 1. The summed E-state index contributed by atoms with van der Waals surface area (Å²) in [7, 11) is 1.64. The molecule has 1 aliphatic heterocycles. The summed E-state index contributed by atoms with van der Waals surface area (Å²) in [4.78, 5) is 17.1. The number of carbonyl (C=O) groups excluding carboxylic acids is 1. The smallest absolute Gasteiger partial charge is 0.237 e. The van der Waals surface area contributed by atoms with Gasteiger partial charge in [0.25, 0.3) is 0 Å². The number of carbonyl (C=O) groups is 1. The Morgan fingerprint density at radius 3 is 2.36 bits per heavy atom. The third-order valence-electron chi connectivity index (χ3n) is 5.43. The van der Waals surface area contributed by atoms with Crippen LogP contribution in [-0.4, -0.2) is 55.2 Å². The van der Waals surface area contributed by atoms with E-state index >= 15 is 0 Å². The maximum absolute atomic E-state index is 12.8. The average molecular weight is 383 g/mol. The van der Waals surface area contributed by atoms with E-state index in [4.69, 9.17) is 4.74 Å². The Labute approximate surface area is 166 Å². The van der Waals surface area contributed by atoms with Crippen molar-refractivity contribution in [2.24, 2.45) is 0 Å². The predicted octanol–water partition coefficient (Wildman–Crippen LogP) is 2.79. The first-order chi connectivity index (χ1) is 13.5. The Morgan fingerprint density at radius 2 is 1.68 bits per heavy atom. The standard InChI is InChI=1S/C22H29N3O3/c1-16(18-8-4-7-11-21(18)28-3)23-22(27)17(2)24-12-14-25(15-13-24)19-9-5-6-10-20(19)26/h4-11,16-17,26H,12-15H2,1-3H3,(H,23,27). The minimum absolute atomic E-state index is 0.00872. The lowest BCUT2D eigenvalue weighted by atomic mass is 10.1. The zero-order chi connectivity index (χ0) is 20.1. The van der Waals surface area contributed by atoms with Crippen LogP contribution in [0.3, 0.4) is 0 Å². The van der Waals surface area contributed by atoms with Crippen LogP contribution in [0, 0.1) is 0 Å². The van der Waals surface area contributed by atoms with Crippen molar-refractivity contribution in [1.29, 1.82) is 0 Å². The minimum atomic E-state index is -0.219. The fourth-order valence-corrected chi connectivity index (χ4v) is 3.68. The van der Waals surface area contributed by atoms with Crippen LogP contribution in [0.2, 0.25) is 0 Å². The van der Waals surface area contributed by atoms with Gasteiger partial charge < -0.3 is 20.1 Å². The number of benzene rings is 2. The monoisotopic (exact) mass is 383 g/mol. The molecule has 2 unspecified atom stereocenters. The third-order valence-corrected chi connectivity index (χ3v) is 5.43. The van der Waals surface area contributed by atoms with Gasteiger partial charge in [-0.05, 0) is 32.0 Å². The van der Waals surface area contributed by atoms with Crippen LogP contribution in [0.5, 0.6) is 11.5 Å². The molecule has 2 aromatic rings. The van der Waals surface area contributed by atoms with Gasteiger partial charge in [0, 0.05) is 31.7 Å². The maximum atomic E-state index is 12.8. The fourth-order valence-electron chi connectivity index (χ4n) is 3.68. The minimum Gasteiger partial charge on any atom is -0.506 e. The van der Waals surface area contributed by atoms with Crippen LogP contribution in [0.4, 0.5) is 5.69 Å². The Morgan fingerprint density at radius 1 is 1.04 bits per heavy atom. The maximum Gasteiger partial charge on any atom is 0.237 e. The summed E-state index contributed by atoms with van der Waals surface area (Å²) in [5, 5.41) is 13.2. The van der Waals surface area contributed by atoms with Gasteiger partial charge in [-0.15, -0.1) is 0 Å². The van der Waals surface area contributed by atoms with Gasteiger partial charge in [0.2, 0.25) is 5.91 Å². The molecule has 0 aromatic heterocycles. The summed E-state index contributed by atoms with van der Waals surface area (Å²) in [6.07, 6.45) is 0. The number of hydrogen-bond acceptors (Lipinski definition) is 5. The topological polar surface area (TPSA) is 65.0 Å². The van der Waals surface area contributed by atoms with E-state index < -0.39 is 0 Å². The molecule has 1 fully saturated rings. The van der Waals surface area contributed by atoms with Gasteiger partial charge in [-0.25, -0.2) is 0 Å². The van der Waals surface area contributed by atoms with Crippen molar-refractivity contribution in [1.82, 2.24) is 10.2 Å². The number of aromatic hydroxyl groups is 1. The molecule has 0 spiro atoms. The van der Waals surface area contributed by atoms with Crippen molar-refractivity contribution in [3.63, 3.8) is 0 Å². The summed E-state index contributed by atoms with van der Waals surface area (Å²) in [6, 6.07) is 14.8. The lowest BCUT2D eigenvalue weighted by Crippen LogP contribution is -2.54. The molecule has 0 saturated carbocycles. The molecule has 2 aromatic carbocycles. The number of para-hydroxylation sites is 3. The summed E-state index contributed by atoms with van der Waals surface area (Å²) in [6.45, 7) is 7.00. The SMILES string of the molecule is COc1ccccc1C(C)NC(=O)C(C)N1CCN(c2ccccc2O)CC1. The molecule has 28 heavy (non-hydrogen) atoms. The Hall–Kier alpha value is -2.73. The zero-order valence-corrected chi connectivity index (χ0v) is 16.8. The second kappa shape index (κ2) is 8.97. The largest absolute Gasteiger partial charge is 0.506 e. The molecule has 3 rings (SSSR count). The Bertz CT molecular complexity index is 803. The number of phenolic OH excluding ortho intramolecular Hbond substituents is 1. The number of nitrogens with zero attached hydrogens (tertiary/aromatic N) is 2. The second-order valence-electron chi connectivity index (χ2n) is 7.16. The van der Waals surface area contributed by atoms with Crippen molar-refractivity contribution in [2.75, 3.05) is 38.2 Å². The molecule has 2 atom stereocenters. The van der Waals surface area contributed by atoms with Crippen LogP contribution in [0.25, 0.3) is 0 Å². The number of rotatable bonds is 6. The summed E-state index contributed by atoms with van der Waals surface area (Å²) < 4.78 is 5.40. The van der Waals surface area contributed by atoms with Gasteiger partial charge in [-0.3, -0.25) is 9.69 Å². The number of hydrogen-bond donors (Lipinski definition) is 2. The predicted molar refractivity (Wildman–Crippen MR) is 111 cm³/mol. The molecule has 0 radical (unpaired) electrons. The van der Waals surface area contributed by atoms with Gasteiger partial charge in [0.1, 0.15) is 11.5 Å². The summed E-state index contributed by atoms with van der Waals surface area (Å²) in [5.41, 5.74) is 1.82. The number of amides is 1. The lowest BCUT2D eigenvalue weighted by molar-refractivity contribution is -0.126.